The highest BCUT2D eigenvalue weighted by atomic mass is 16.3. The fraction of sp³-hybridized carbons (Fsp3) is 0.714. The van der Waals surface area contributed by atoms with E-state index in [1.807, 2.05) is 7.05 Å². The van der Waals surface area contributed by atoms with Gasteiger partial charge in [0.05, 0.1) is 12.1 Å². The van der Waals surface area contributed by atoms with Crippen molar-refractivity contribution in [2.45, 2.75) is 24.9 Å². The second kappa shape index (κ2) is 5.18. The van der Waals surface area contributed by atoms with E-state index in [4.69, 9.17) is 0 Å². The number of imidazole rings is 1. The summed E-state index contributed by atoms with van der Waals surface area (Å²) < 4.78 is 1.72. The molecular formula is C14H22N4O2. The standard InChI is InChI=1S/C14H22N4O2/c1-16-9-5-15-12(16)13(19)18-8-4-14(20,11-18)10-17-6-2-3-7-17/h5,9,20H,2-4,6-8,10-11H2,1H3. The fourth-order valence-electron chi connectivity index (χ4n) is 3.23. The van der Waals surface area contributed by atoms with Crippen molar-refractivity contribution in [3.63, 3.8) is 0 Å². The number of aryl methyl sites for hydroxylation is 1. The minimum atomic E-state index is -0.759. The minimum Gasteiger partial charge on any atom is -0.387 e. The van der Waals surface area contributed by atoms with E-state index in [1.54, 1.807) is 21.9 Å². The Balaban J connectivity index is 1.63. The fourth-order valence-corrected chi connectivity index (χ4v) is 3.23. The highest BCUT2D eigenvalue weighted by Crippen LogP contribution is 2.25. The molecular weight excluding hydrogens is 256 g/mol. The van der Waals surface area contributed by atoms with Gasteiger partial charge in [-0.1, -0.05) is 0 Å². The van der Waals surface area contributed by atoms with Crippen LogP contribution in [0.5, 0.6) is 0 Å². The molecule has 0 radical (unpaired) electrons. The Labute approximate surface area is 119 Å². The Bertz CT molecular complexity index is 495. The zero-order valence-electron chi connectivity index (χ0n) is 12.0. The van der Waals surface area contributed by atoms with Gasteiger partial charge >= 0.3 is 0 Å². The maximum atomic E-state index is 12.4. The highest BCUT2D eigenvalue weighted by molar-refractivity contribution is 5.91. The molecule has 0 bridgehead atoms. The third-order valence-electron chi connectivity index (χ3n) is 4.35. The summed E-state index contributed by atoms with van der Waals surface area (Å²) in [4.78, 5) is 20.5. The normalized spacial score (nSPS) is 27.4. The summed E-state index contributed by atoms with van der Waals surface area (Å²) >= 11 is 0. The lowest BCUT2D eigenvalue weighted by Gasteiger charge is -2.28. The maximum Gasteiger partial charge on any atom is 0.289 e. The van der Waals surface area contributed by atoms with Gasteiger partial charge in [0, 0.05) is 32.5 Å². The number of β-amino-alcohol motifs (C(OH)–C–C–N with tert-alkyl or cyclic N) is 1. The smallest absolute Gasteiger partial charge is 0.289 e. The first-order chi connectivity index (χ1) is 9.57. The van der Waals surface area contributed by atoms with Crippen LogP contribution in [-0.4, -0.2) is 68.7 Å². The molecule has 2 saturated heterocycles. The Hall–Kier alpha value is -1.40. The van der Waals surface area contributed by atoms with E-state index in [9.17, 15) is 9.90 Å². The van der Waals surface area contributed by atoms with Crippen LogP contribution in [0, 0.1) is 0 Å². The summed E-state index contributed by atoms with van der Waals surface area (Å²) in [5, 5.41) is 10.7. The van der Waals surface area contributed by atoms with E-state index < -0.39 is 5.60 Å². The lowest BCUT2D eigenvalue weighted by molar-refractivity contribution is 0.0173. The largest absolute Gasteiger partial charge is 0.387 e. The van der Waals surface area contributed by atoms with Gasteiger partial charge in [0.25, 0.3) is 5.91 Å². The first-order valence-electron chi connectivity index (χ1n) is 7.29. The number of aliphatic hydroxyl groups is 1. The lowest BCUT2D eigenvalue weighted by Crippen LogP contribution is -2.45. The van der Waals surface area contributed by atoms with Crippen molar-refractivity contribution in [2.24, 2.45) is 7.05 Å². The predicted molar refractivity (Wildman–Crippen MR) is 74.4 cm³/mol. The summed E-state index contributed by atoms with van der Waals surface area (Å²) in [6, 6.07) is 0. The van der Waals surface area contributed by atoms with Crippen LogP contribution in [0.2, 0.25) is 0 Å². The average Bonchev–Trinajstić information content (AvgIpc) is 3.11. The van der Waals surface area contributed by atoms with Crippen molar-refractivity contribution < 1.29 is 9.90 Å². The minimum absolute atomic E-state index is 0.0881. The first-order valence-corrected chi connectivity index (χ1v) is 7.29. The number of amides is 1. The van der Waals surface area contributed by atoms with Gasteiger partial charge in [0.1, 0.15) is 0 Å². The van der Waals surface area contributed by atoms with E-state index in [0.29, 0.717) is 31.9 Å². The number of aromatic nitrogens is 2. The molecule has 3 heterocycles. The highest BCUT2D eigenvalue weighted by Gasteiger charge is 2.40. The monoisotopic (exact) mass is 278 g/mol. The Morgan fingerprint density at radius 3 is 2.80 bits per heavy atom. The van der Waals surface area contributed by atoms with Crippen molar-refractivity contribution in [2.75, 3.05) is 32.7 Å². The molecule has 2 fully saturated rings. The topological polar surface area (TPSA) is 61.6 Å². The van der Waals surface area contributed by atoms with Crippen LogP contribution in [0.25, 0.3) is 0 Å². The summed E-state index contributed by atoms with van der Waals surface area (Å²) in [6.45, 7) is 3.83. The summed E-state index contributed by atoms with van der Waals surface area (Å²) in [5.74, 6) is 0.352. The zero-order valence-corrected chi connectivity index (χ0v) is 12.0. The average molecular weight is 278 g/mol. The number of rotatable bonds is 3. The Morgan fingerprint density at radius 2 is 2.15 bits per heavy atom. The number of carbonyl (C=O) groups is 1. The molecule has 1 aromatic rings. The molecule has 1 unspecified atom stereocenters. The molecule has 2 aliphatic heterocycles. The van der Waals surface area contributed by atoms with Crippen LogP contribution < -0.4 is 0 Å². The number of hydrogen-bond donors (Lipinski definition) is 1. The molecule has 0 saturated carbocycles. The van der Waals surface area contributed by atoms with Crippen LogP contribution in [0.15, 0.2) is 12.4 Å². The first kappa shape index (κ1) is 13.6. The molecule has 1 aromatic heterocycles. The van der Waals surface area contributed by atoms with Gasteiger partial charge in [-0.05, 0) is 32.4 Å². The zero-order chi connectivity index (χ0) is 14.2. The molecule has 1 amide bonds. The van der Waals surface area contributed by atoms with E-state index >= 15 is 0 Å². The van der Waals surface area contributed by atoms with Gasteiger partial charge in [-0.25, -0.2) is 4.98 Å². The third kappa shape index (κ3) is 2.58. The SMILES string of the molecule is Cn1ccnc1C(=O)N1CCC(O)(CN2CCCC2)C1. The molecule has 0 aliphatic carbocycles. The van der Waals surface area contributed by atoms with Crippen LogP contribution in [-0.2, 0) is 7.05 Å². The van der Waals surface area contributed by atoms with Crippen LogP contribution in [0.4, 0.5) is 0 Å². The molecule has 3 rings (SSSR count). The van der Waals surface area contributed by atoms with Gasteiger partial charge in [0.2, 0.25) is 0 Å². The predicted octanol–water partition coefficient (Wildman–Crippen LogP) is 0.0929. The molecule has 20 heavy (non-hydrogen) atoms. The maximum absolute atomic E-state index is 12.4. The molecule has 2 aliphatic rings. The number of likely N-dealkylation sites (tertiary alicyclic amines) is 2. The Kier molecular flexibility index (Phi) is 3.52. The summed E-state index contributed by atoms with van der Waals surface area (Å²) in [5.41, 5.74) is -0.759. The molecule has 1 atom stereocenters. The van der Waals surface area contributed by atoms with Gasteiger partial charge in [0.15, 0.2) is 5.82 Å². The van der Waals surface area contributed by atoms with Crippen LogP contribution >= 0.6 is 0 Å². The van der Waals surface area contributed by atoms with Crippen molar-refractivity contribution >= 4 is 5.91 Å². The lowest BCUT2D eigenvalue weighted by atomic mass is 10.0. The molecule has 110 valence electrons. The molecule has 6 heteroatoms. The van der Waals surface area contributed by atoms with Crippen LogP contribution in [0.3, 0.4) is 0 Å². The van der Waals surface area contributed by atoms with Crippen molar-refractivity contribution in [1.29, 1.82) is 0 Å². The molecule has 6 nitrogen and oxygen atoms in total. The Morgan fingerprint density at radius 1 is 1.40 bits per heavy atom. The summed E-state index contributed by atoms with van der Waals surface area (Å²) in [7, 11) is 1.81. The number of nitrogens with zero attached hydrogens (tertiary/aromatic N) is 4. The van der Waals surface area contributed by atoms with Gasteiger partial charge in [-0.2, -0.15) is 0 Å². The number of hydrogen-bond acceptors (Lipinski definition) is 4. The molecule has 0 spiro atoms. The quantitative estimate of drug-likeness (QED) is 0.851. The number of carbonyl (C=O) groups excluding carboxylic acids is 1. The van der Waals surface area contributed by atoms with Crippen molar-refractivity contribution in [3.8, 4) is 0 Å². The van der Waals surface area contributed by atoms with Gasteiger partial charge < -0.3 is 19.5 Å². The van der Waals surface area contributed by atoms with E-state index in [0.717, 1.165) is 13.1 Å². The van der Waals surface area contributed by atoms with E-state index in [2.05, 4.69) is 9.88 Å². The van der Waals surface area contributed by atoms with Gasteiger partial charge in [-0.3, -0.25) is 4.79 Å². The third-order valence-corrected chi connectivity index (χ3v) is 4.35. The van der Waals surface area contributed by atoms with Crippen molar-refractivity contribution in [3.05, 3.63) is 18.2 Å². The van der Waals surface area contributed by atoms with Gasteiger partial charge in [-0.15, -0.1) is 0 Å². The van der Waals surface area contributed by atoms with E-state index in [1.165, 1.54) is 12.8 Å². The second-order valence-electron chi connectivity index (χ2n) is 6.05. The summed E-state index contributed by atoms with van der Waals surface area (Å²) in [6.07, 6.45) is 6.47. The van der Waals surface area contributed by atoms with E-state index in [-0.39, 0.29) is 5.91 Å². The molecule has 1 N–H and O–H groups in total. The molecule has 0 aromatic carbocycles. The van der Waals surface area contributed by atoms with Crippen LogP contribution in [0.1, 0.15) is 29.9 Å². The second-order valence-corrected chi connectivity index (χ2v) is 6.05. The van der Waals surface area contributed by atoms with Crippen molar-refractivity contribution in [1.82, 2.24) is 19.4 Å².